The highest BCUT2D eigenvalue weighted by atomic mass is 32.2. The Morgan fingerprint density at radius 2 is 1.79 bits per heavy atom. The van der Waals surface area contributed by atoms with Crippen LogP contribution in [-0.4, -0.2) is 24.3 Å². The lowest BCUT2D eigenvalue weighted by Gasteiger charge is -2.35. The molecule has 0 radical (unpaired) electrons. The normalized spacial score (nSPS) is 17.9. The highest BCUT2D eigenvalue weighted by Gasteiger charge is 2.35. The van der Waals surface area contributed by atoms with Gasteiger partial charge in [0.25, 0.3) is 0 Å². The van der Waals surface area contributed by atoms with Crippen LogP contribution in [0.2, 0.25) is 0 Å². The predicted octanol–water partition coefficient (Wildman–Crippen LogP) is 5.28. The number of nitrogens with zero attached hydrogens (tertiary/aromatic N) is 2. The second-order valence-corrected chi connectivity index (χ2v) is 9.57. The van der Waals surface area contributed by atoms with Gasteiger partial charge in [-0.15, -0.1) is 0 Å². The van der Waals surface area contributed by atoms with E-state index in [4.69, 9.17) is 0 Å². The Bertz CT molecular complexity index is 1120. The summed E-state index contributed by atoms with van der Waals surface area (Å²) in [5.41, 5.74) is 5.18. The number of piperidine rings is 1. The average Bonchev–Trinajstić information content (AvgIpc) is 2.74. The molecule has 2 aromatic carbocycles. The minimum atomic E-state index is -3.55. The van der Waals surface area contributed by atoms with Gasteiger partial charge in [-0.25, -0.2) is 8.42 Å². The second kappa shape index (κ2) is 8.09. The molecule has 1 aromatic heterocycles. The summed E-state index contributed by atoms with van der Waals surface area (Å²) in [6.45, 7) is 4.46. The van der Waals surface area contributed by atoms with Crippen molar-refractivity contribution in [2.45, 2.75) is 44.0 Å². The summed E-state index contributed by atoms with van der Waals surface area (Å²) in [6, 6.07) is 17.4. The lowest BCUT2D eigenvalue weighted by atomic mass is 9.94. The van der Waals surface area contributed by atoms with Gasteiger partial charge in [-0.3, -0.25) is 4.98 Å². The van der Waals surface area contributed by atoms with Gasteiger partial charge in [0.1, 0.15) is 0 Å². The predicted molar refractivity (Wildman–Crippen MR) is 116 cm³/mol. The van der Waals surface area contributed by atoms with Crippen molar-refractivity contribution < 1.29 is 8.42 Å². The molecule has 4 nitrogen and oxygen atoms in total. The van der Waals surface area contributed by atoms with Crippen LogP contribution in [0.1, 0.15) is 42.0 Å². The van der Waals surface area contributed by atoms with Crippen molar-refractivity contribution in [3.63, 3.8) is 0 Å². The van der Waals surface area contributed by atoms with E-state index in [1.54, 1.807) is 22.6 Å². The van der Waals surface area contributed by atoms with E-state index in [0.717, 1.165) is 47.1 Å². The first-order valence-corrected chi connectivity index (χ1v) is 11.5. The van der Waals surface area contributed by atoms with Crippen LogP contribution in [0.3, 0.4) is 0 Å². The van der Waals surface area contributed by atoms with E-state index in [0.29, 0.717) is 11.4 Å². The number of hydrogen-bond donors (Lipinski definition) is 0. The zero-order chi connectivity index (χ0) is 20.4. The number of pyridine rings is 1. The molecule has 2 heterocycles. The van der Waals surface area contributed by atoms with Gasteiger partial charge in [-0.2, -0.15) is 4.31 Å². The van der Waals surface area contributed by atoms with Crippen LogP contribution in [0.5, 0.6) is 0 Å². The van der Waals surface area contributed by atoms with Crippen molar-refractivity contribution in [3.8, 4) is 11.1 Å². The Morgan fingerprint density at radius 1 is 0.966 bits per heavy atom. The monoisotopic (exact) mass is 406 g/mol. The van der Waals surface area contributed by atoms with Crippen molar-refractivity contribution in [3.05, 3.63) is 83.7 Å². The fourth-order valence-electron chi connectivity index (χ4n) is 4.21. The zero-order valence-electron chi connectivity index (χ0n) is 16.9. The number of aryl methyl sites for hydroxylation is 2. The van der Waals surface area contributed by atoms with E-state index >= 15 is 0 Å². The summed E-state index contributed by atoms with van der Waals surface area (Å²) < 4.78 is 28.7. The number of sulfonamides is 1. The molecule has 1 unspecified atom stereocenters. The van der Waals surface area contributed by atoms with E-state index in [-0.39, 0.29) is 6.04 Å². The van der Waals surface area contributed by atoms with Gasteiger partial charge < -0.3 is 0 Å². The Kier molecular flexibility index (Phi) is 5.52. The molecule has 0 amide bonds. The van der Waals surface area contributed by atoms with Crippen LogP contribution in [0.4, 0.5) is 0 Å². The number of hydrogen-bond acceptors (Lipinski definition) is 3. The number of rotatable bonds is 4. The quantitative estimate of drug-likeness (QED) is 0.592. The SMILES string of the molecule is Cc1cnccc1-c1cccc(C2CCCCN2S(=O)(=O)c2ccccc2C)c1. The summed E-state index contributed by atoms with van der Waals surface area (Å²) >= 11 is 0. The van der Waals surface area contributed by atoms with Crippen LogP contribution in [0.25, 0.3) is 11.1 Å². The van der Waals surface area contributed by atoms with E-state index in [9.17, 15) is 8.42 Å². The smallest absolute Gasteiger partial charge is 0.243 e. The third-order valence-corrected chi connectivity index (χ3v) is 7.81. The maximum atomic E-state index is 13.5. The van der Waals surface area contributed by atoms with E-state index < -0.39 is 10.0 Å². The minimum Gasteiger partial charge on any atom is -0.264 e. The van der Waals surface area contributed by atoms with E-state index in [1.165, 1.54) is 0 Å². The fraction of sp³-hybridized carbons (Fsp3) is 0.292. The highest BCUT2D eigenvalue weighted by Crippen LogP contribution is 2.37. The molecule has 29 heavy (non-hydrogen) atoms. The van der Waals surface area contributed by atoms with Crippen LogP contribution in [0.15, 0.2) is 71.9 Å². The van der Waals surface area contributed by atoms with E-state index in [2.05, 4.69) is 23.2 Å². The van der Waals surface area contributed by atoms with Gasteiger partial charge in [0.05, 0.1) is 10.9 Å². The van der Waals surface area contributed by atoms with Crippen molar-refractivity contribution in [1.82, 2.24) is 9.29 Å². The number of benzene rings is 2. The molecule has 1 aliphatic rings. The molecule has 1 aliphatic heterocycles. The molecule has 1 saturated heterocycles. The van der Waals surface area contributed by atoms with Crippen molar-refractivity contribution in [2.24, 2.45) is 0 Å². The molecule has 1 atom stereocenters. The first kappa shape index (κ1) is 19.8. The van der Waals surface area contributed by atoms with Gasteiger partial charge in [-0.05, 0) is 72.7 Å². The van der Waals surface area contributed by atoms with Crippen LogP contribution in [0, 0.1) is 13.8 Å². The molecule has 150 valence electrons. The molecule has 0 N–H and O–H groups in total. The lowest BCUT2D eigenvalue weighted by molar-refractivity contribution is 0.256. The number of aromatic nitrogens is 1. The summed E-state index contributed by atoms with van der Waals surface area (Å²) in [6.07, 6.45) is 6.42. The summed E-state index contributed by atoms with van der Waals surface area (Å²) in [5.74, 6) is 0. The van der Waals surface area contributed by atoms with Crippen LogP contribution in [-0.2, 0) is 10.0 Å². The minimum absolute atomic E-state index is 0.143. The molecular formula is C24H26N2O2S. The molecule has 3 aromatic rings. The van der Waals surface area contributed by atoms with Crippen molar-refractivity contribution >= 4 is 10.0 Å². The van der Waals surface area contributed by atoms with Gasteiger partial charge in [0.2, 0.25) is 10.0 Å². The molecule has 0 bridgehead atoms. The van der Waals surface area contributed by atoms with Crippen molar-refractivity contribution in [2.75, 3.05) is 6.54 Å². The molecule has 1 fully saturated rings. The summed E-state index contributed by atoms with van der Waals surface area (Å²) in [4.78, 5) is 4.59. The van der Waals surface area contributed by atoms with E-state index in [1.807, 2.05) is 44.3 Å². The molecular weight excluding hydrogens is 380 g/mol. The fourth-order valence-corrected chi connectivity index (χ4v) is 6.12. The van der Waals surface area contributed by atoms with Gasteiger partial charge in [0.15, 0.2) is 0 Å². The van der Waals surface area contributed by atoms with Gasteiger partial charge >= 0.3 is 0 Å². The summed E-state index contributed by atoms with van der Waals surface area (Å²) in [7, 11) is -3.55. The standard InChI is InChI=1S/C24H26N2O2S/c1-18-8-3-4-12-24(18)29(27,28)26-15-6-5-11-23(26)21-10-7-9-20(16-21)22-13-14-25-17-19(22)2/h3-4,7-10,12-14,16-17,23H,5-6,11,15H2,1-2H3. The van der Waals surface area contributed by atoms with Crippen LogP contribution >= 0.6 is 0 Å². The second-order valence-electron chi connectivity index (χ2n) is 7.71. The maximum Gasteiger partial charge on any atom is 0.243 e. The average molecular weight is 407 g/mol. The third kappa shape index (κ3) is 3.85. The lowest BCUT2D eigenvalue weighted by Crippen LogP contribution is -2.38. The third-order valence-electron chi connectivity index (χ3n) is 5.74. The Balaban J connectivity index is 1.75. The molecule has 4 rings (SSSR count). The van der Waals surface area contributed by atoms with Crippen molar-refractivity contribution in [1.29, 1.82) is 0 Å². The molecule has 0 saturated carbocycles. The first-order chi connectivity index (χ1) is 14.0. The molecule has 0 spiro atoms. The Labute approximate surface area is 173 Å². The Hall–Kier alpha value is -2.50. The zero-order valence-corrected chi connectivity index (χ0v) is 17.7. The highest BCUT2D eigenvalue weighted by molar-refractivity contribution is 7.89. The van der Waals surface area contributed by atoms with Crippen LogP contribution < -0.4 is 0 Å². The topological polar surface area (TPSA) is 50.3 Å². The Morgan fingerprint density at radius 3 is 2.59 bits per heavy atom. The largest absolute Gasteiger partial charge is 0.264 e. The summed E-state index contributed by atoms with van der Waals surface area (Å²) in [5, 5.41) is 0. The van der Waals surface area contributed by atoms with Gasteiger partial charge in [0, 0.05) is 18.9 Å². The molecule has 5 heteroatoms. The molecule has 0 aliphatic carbocycles. The first-order valence-electron chi connectivity index (χ1n) is 10.1. The maximum absolute atomic E-state index is 13.5. The van der Waals surface area contributed by atoms with Gasteiger partial charge in [-0.1, -0.05) is 42.8 Å².